The van der Waals surface area contributed by atoms with Gasteiger partial charge in [0.1, 0.15) is 0 Å². The topological polar surface area (TPSA) is 68.3 Å². The molecule has 0 spiro atoms. The van der Waals surface area contributed by atoms with Crippen molar-refractivity contribution in [2.24, 2.45) is 11.7 Å². The monoisotopic (exact) mass is 381 g/mol. The lowest BCUT2D eigenvalue weighted by Gasteiger charge is -2.17. The van der Waals surface area contributed by atoms with E-state index in [4.69, 9.17) is 17.3 Å². The van der Waals surface area contributed by atoms with E-state index < -0.39 is 0 Å². The van der Waals surface area contributed by atoms with Crippen LogP contribution < -0.4 is 11.3 Å². The molecule has 134 valence electrons. The third-order valence-corrected chi connectivity index (χ3v) is 4.80. The molecule has 1 aliphatic heterocycles. The highest BCUT2D eigenvalue weighted by Crippen LogP contribution is 2.18. The van der Waals surface area contributed by atoms with Crippen molar-refractivity contribution in [1.29, 1.82) is 0 Å². The minimum atomic E-state index is -0.160. The van der Waals surface area contributed by atoms with E-state index in [1.54, 1.807) is 23.2 Å². The molecule has 1 fully saturated rings. The highest BCUT2D eigenvalue weighted by molar-refractivity contribution is 6.31. The second-order valence-electron chi connectivity index (χ2n) is 6.12. The molecule has 5 nitrogen and oxygen atoms in total. The van der Waals surface area contributed by atoms with Crippen molar-refractivity contribution in [3.8, 4) is 0 Å². The summed E-state index contributed by atoms with van der Waals surface area (Å²) in [5.41, 5.74) is 6.88. The standard InChI is InChI=1S/C18H20ClN3O2.ClH/c19-16-4-2-1-3-14(16)11-22-12-15(5-6-17(22)23)18(24)21-8-7-13(9-20)10-21;/h1-6,12-13H,7-11,20H2;1H. The van der Waals surface area contributed by atoms with Gasteiger partial charge in [-0.25, -0.2) is 0 Å². The molecule has 1 aromatic carbocycles. The lowest BCUT2D eigenvalue weighted by Crippen LogP contribution is -2.31. The molecule has 0 aliphatic carbocycles. The van der Waals surface area contributed by atoms with Crippen LogP contribution in [0.25, 0.3) is 0 Å². The number of hydrogen-bond acceptors (Lipinski definition) is 3. The fraction of sp³-hybridized carbons (Fsp3) is 0.333. The summed E-state index contributed by atoms with van der Waals surface area (Å²) >= 11 is 6.16. The number of carbonyl (C=O) groups excluding carboxylic acids is 1. The molecule has 0 bridgehead atoms. The third-order valence-electron chi connectivity index (χ3n) is 4.44. The Morgan fingerprint density at radius 2 is 2.00 bits per heavy atom. The van der Waals surface area contributed by atoms with E-state index in [1.165, 1.54) is 10.6 Å². The second kappa shape index (κ2) is 8.52. The Morgan fingerprint density at radius 3 is 2.68 bits per heavy atom. The molecule has 2 aromatic rings. The number of halogens is 2. The highest BCUT2D eigenvalue weighted by Gasteiger charge is 2.26. The van der Waals surface area contributed by atoms with Crippen LogP contribution in [0.2, 0.25) is 5.02 Å². The van der Waals surface area contributed by atoms with Crippen molar-refractivity contribution in [2.75, 3.05) is 19.6 Å². The van der Waals surface area contributed by atoms with Gasteiger partial charge in [-0.2, -0.15) is 0 Å². The van der Waals surface area contributed by atoms with Crippen molar-refractivity contribution in [3.63, 3.8) is 0 Å². The third kappa shape index (κ3) is 4.42. The molecule has 25 heavy (non-hydrogen) atoms. The van der Waals surface area contributed by atoms with Crippen molar-refractivity contribution in [2.45, 2.75) is 13.0 Å². The van der Waals surface area contributed by atoms with Gasteiger partial charge in [0, 0.05) is 30.4 Å². The Balaban J connectivity index is 0.00000225. The van der Waals surface area contributed by atoms with Gasteiger partial charge in [0.05, 0.1) is 12.1 Å². The normalized spacial score (nSPS) is 16.6. The van der Waals surface area contributed by atoms with Crippen LogP contribution in [-0.4, -0.2) is 35.0 Å². The summed E-state index contributed by atoms with van der Waals surface area (Å²) in [6.45, 7) is 2.32. The highest BCUT2D eigenvalue weighted by atomic mass is 35.5. The van der Waals surface area contributed by atoms with Crippen LogP contribution in [-0.2, 0) is 6.54 Å². The van der Waals surface area contributed by atoms with Gasteiger partial charge in [0.2, 0.25) is 0 Å². The molecular weight excluding hydrogens is 361 g/mol. The molecule has 1 saturated heterocycles. The van der Waals surface area contributed by atoms with Crippen LogP contribution in [0.1, 0.15) is 22.3 Å². The Morgan fingerprint density at radius 1 is 1.24 bits per heavy atom. The van der Waals surface area contributed by atoms with Gasteiger partial charge in [-0.15, -0.1) is 12.4 Å². The first kappa shape index (κ1) is 19.5. The number of likely N-dealkylation sites (tertiary alicyclic amines) is 1. The van der Waals surface area contributed by atoms with Crippen LogP contribution in [0.5, 0.6) is 0 Å². The van der Waals surface area contributed by atoms with Crippen LogP contribution in [0.4, 0.5) is 0 Å². The molecular formula is C18H21Cl2N3O2. The van der Waals surface area contributed by atoms with Gasteiger partial charge in [-0.05, 0) is 36.6 Å². The molecule has 3 rings (SSSR count). The van der Waals surface area contributed by atoms with Gasteiger partial charge in [-0.3, -0.25) is 9.59 Å². The molecule has 1 unspecified atom stereocenters. The molecule has 1 atom stereocenters. The molecule has 2 N–H and O–H groups in total. The zero-order valence-corrected chi connectivity index (χ0v) is 15.3. The first-order valence-corrected chi connectivity index (χ1v) is 8.39. The number of nitrogens with zero attached hydrogens (tertiary/aromatic N) is 2. The van der Waals surface area contributed by atoms with Crippen LogP contribution in [0.3, 0.4) is 0 Å². The Hall–Kier alpha value is -1.82. The number of pyridine rings is 1. The summed E-state index contributed by atoms with van der Waals surface area (Å²) in [5, 5.41) is 0.603. The summed E-state index contributed by atoms with van der Waals surface area (Å²) in [6.07, 6.45) is 2.55. The Kier molecular flexibility index (Phi) is 6.64. The summed E-state index contributed by atoms with van der Waals surface area (Å²) in [6, 6.07) is 10.4. The summed E-state index contributed by atoms with van der Waals surface area (Å²) in [7, 11) is 0. The van der Waals surface area contributed by atoms with Crippen molar-refractivity contribution in [3.05, 3.63) is 69.1 Å². The second-order valence-corrected chi connectivity index (χ2v) is 6.52. The number of rotatable bonds is 4. The fourth-order valence-electron chi connectivity index (χ4n) is 2.98. The van der Waals surface area contributed by atoms with E-state index in [0.29, 0.717) is 42.7 Å². The predicted octanol–water partition coefficient (Wildman–Crippen LogP) is 2.39. The number of hydrogen-bond donors (Lipinski definition) is 1. The Bertz CT molecular complexity index is 807. The molecule has 7 heteroatoms. The molecule has 1 aromatic heterocycles. The lowest BCUT2D eigenvalue weighted by atomic mass is 10.1. The van der Waals surface area contributed by atoms with Crippen molar-refractivity contribution < 1.29 is 4.79 Å². The van der Waals surface area contributed by atoms with E-state index in [1.807, 2.05) is 18.2 Å². The number of carbonyl (C=O) groups is 1. The molecule has 2 heterocycles. The minimum Gasteiger partial charge on any atom is -0.338 e. The number of benzene rings is 1. The maximum atomic E-state index is 12.6. The van der Waals surface area contributed by atoms with Gasteiger partial charge < -0.3 is 15.2 Å². The first-order valence-electron chi connectivity index (χ1n) is 8.01. The average Bonchev–Trinajstić information content (AvgIpc) is 3.07. The summed E-state index contributed by atoms with van der Waals surface area (Å²) < 4.78 is 1.52. The smallest absolute Gasteiger partial charge is 0.255 e. The zero-order chi connectivity index (χ0) is 17.1. The number of nitrogens with two attached hydrogens (primary N) is 1. The van der Waals surface area contributed by atoms with E-state index >= 15 is 0 Å². The molecule has 1 amide bonds. The lowest BCUT2D eigenvalue weighted by molar-refractivity contribution is 0.0786. The SMILES string of the molecule is Cl.NCC1CCN(C(=O)c2ccc(=O)n(Cc3ccccc3Cl)c2)C1. The van der Waals surface area contributed by atoms with Gasteiger partial charge in [0.15, 0.2) is 0 Å². The van der Waals surface area contributed by atoms with E-state index in [0.717, 1.165) is 12.0 Å². The summed E-state index contributed by atoms with van der Waals surface area (Å²) in [5.74, 6) is 0.307. The Labute approximate surface area is 157 Å². The predicted molar refractivity (Wildman–Crippen MR) is 102 cm³/mol. The number of aromatic nitrogens is 1. The van der Waals surface area contributed by atoms with Crippen LogP contribution in [0, 0.1) is 5.92 Å². The number of amides is 1. The quantitative estimate of drug-likeness (QED) is 0.883. The first-order chi connectivity index (χ1) is 11.6. The molecule has 0 radical (unpaired) electrons. The minimum absolute atomic E-state index is 0. The van der Waals surface area contributed by atoms with E-state index in [2.05, 4.69) is 0 Å². The fourth-order valence-corrected chi connectivity index (χ4v) is 3.18. The summed E-state index contributed by atoms with van der Waals surface area (Å²) in [4.78, 5) is 26.5. The van der Waals surface area contributed by atoms with Crippen LogP contribution >= 0.6 is 24.0 Å². The van der Waals surface area contributed by atoms with Gasteiger partial charge in [-0.1, -0.05) is 29.8 Å². The largest absolute Gasteiger partial charge is 0.338 e. The molecule has 1 aliphatic rings. The van der Waals surface area contributed by atoms with Gasteiger partial charge >= 0.3 is 0 Å². The average molecular weight is 382 g/mol. The molecule has 0 saturated carbocycles. The van der Waals surface area contributed by atoms with Crippen LogP contribution in [0.15, 0.2) is 47.4 Å². The van der Waals surface area contributed by atoms with Gasteiger partial charge in [0.25, 0.3) is 11.5 Å². The van der Waals surface area contributed by atoms with Crippen molar-refractivity contribution >= 4 is 29.9 Å². The van der Waals surface area contributed by atoms with E-state index in [9.17, 15) is 9.59 Å². The van der Waals surface area contributed by atoms with E-state index in [-0.39, 0.29) is 23.9 Å². The maximum Gasteiger partial charge on any atom is 0.255 e. The van der Waals surface area contributed by atoms with Crippen molar-refractivity contribution in [1.82, 2.24) is 9.47 Å². The maximum absolute atomic E-state index is 12.6. The zero-order valence-electron chi connectivity index (χ0n) is 13.7.